The van der Waals surface area contributed by atoms with Crippen molar-refractivity contribution in [1.29, 1.82) is 0 Å². The third-order valence-electron chi connectivity index (χ3n) is 17.0. The van der Waals surface area contributed by atoms with Crippen molar-refractivity contribution in [2.24, 2.45) is 0 Å². The summed E-state index contributed by atoms with van der Waals surface area (Å²) < 4.78 is 4.25. The molecule has 0 unspecified atom stereocenters. The summed E-state index contributed by atoms with van der Waals surface area (Å²) in [7, 11) is 0. The molecule has 0 amide bonds. The van der Waals surface area contributed by atoms with E-state index in [-0.39, 0.29) is 16.2 Å². The van der Waals surface area contributed by atoms with Gasteiger partial charge in [0.25, 0.3) is 0 Å². The van der Waals surface area contributed by atoms with E-state index in [0.717, 1.165) is 0 Å². The molecular formula is C63H87I3. The molecule has 0 nitrogen and oxygen atoms in total. The highest BCUT2D eigenvalue weighted by Crippen LogP contribution is 2.71. The fraction of sp³-hybridized carbons (Fsp3) is 0.619. The number of unbranched alkanes of at least 4 members (excludes halogenated alkanes) is 18. The number of rotatable bonds is 30. The van der Waals surface area contributed by atoms with E-state index in [0.29, 0.717) is 0 Å². The zero-order valence-corrected chi connectivity index (χ0v) is 49.0. The molecule has 0 saturated carbocycles. The molecule has 3 heteroatoms. The van der Waals surface area contributed by atoms with Crippen LogP contribution in [0.15, 0.2) is 54.6 Å². The van der Waals surface area contributed by atoms with Crippen LogP contribution in [-0.4, -0.2) is 0 Å². The highest BCUT2D eigenvalue weighted by Gasteiger charge is 2.57. The predicted molar refractivity (Wildman–Crippen MR) is 316 cm³/mol. The van der Waals surface area contributed by atoms with Crippen molar-refractivity contribution in [3.63, 3.8) is 0 Å². The Morgan fingerprint density at radius 3 is 0.697 bits per heavy atom. The Morgan fingerprint density at radius 1 is 0.288 bits per heavy atom. The molecule has 0 atom stereocenters. The Balaban J connectivity index is 1.69. The summed E-state index contributed by atoms with van der Waals surface area (Å²) in [6, 6.07) is 23.6. The lowest BCUT2D eigenvalue weighted by molar-refractivity contribution is 0.389. The fourth-order valence-corrected chi connectivity index (χ4v) is 15.3. The molecule has 0 heterocycles. The molecule has 360 valence electrons. The van der Waals surface area contributed by atoms with Crippen LogP contribution in [0.1, 0.15) is 268 Å². The zero-order valence-electron chi connectivity index (χ0n) is 42.5. The first-order chi connectivity index (χ1) is 32.2. The van der Waals surface area contributed by atoms with Crippen LogP contribution in [0.5, 0.6) is 0 Å². The van der Waals surface area contributed by atoms with Gasteiger partial charge in [-0.2, -0.15) is 0 Å². The van der Waals surface area contributed by atoms with Gasteiger partial charge in [-0.1, -0.05) is 214 Å². The second-order valence-electron chi connectivity index (χ2n) is 21.4. The Morgan fingerprint density at radius 2 is 0.500 bits per heavy atom. The van der Waals surface area contributed by atoms with Crippen molar-refractivity contribution < 1.29 is 0 Å². The number of hydrogen-bond donors (Lipinski definition) is 0. The largest absolute Gasteiger partial charge is 0.0654 e. The van der Waals surface area contributed by atoms with Crippen LogP contribution in [0.4, 0.5) is 0 Å². The van der Waals surface area contributed by atoms with Crippen LogP contribution < -0.4 is 0 Å². The van der Waals surface area contributed by atoms with E-state index < -0.39 is 0 Å². The minimum absolute atomic E-state index is 0.00652. The highest BCUT2D eigenvalue weighted by molar-refractivity contribution is 14.1. The molecule has 4 aromatic carbocycles. The summed E-state index contributed by atoms with van der Waals surface area (Å²) in [6.45, 7) is 14.4. The van der Waals surface area contributed by atoms with Gasteiger partial charge in [-0.15, -0.1) is 0 Å². The van der Waals surface area contributed by atoms with Crippen molar-refractivity contribution in [2.45, 2.75) is 250 Å². The van der Waals surface area contributed by atoms with Gasteiger partial charge < -0.3 is 0 Å². The van der Waals surface area contributed by atoms with Crippen LogP contribution in [0.25, 0.3) is 33.4 Å². The van der Waals surface area contributed by atoms with Gasteiger partial charge in [0.2, 0.25) is 0 Å². The summed E-state index contributed by atoms with van der Waals surface area (Å²) in [6.07, 6.45) is 39.3. The standard InChI is InChI=1S/C63H87I3/c1-7-13-19-25-37-61(38-26-20-14-8-2)52-43-46(64)31-34-49(52)55-58(61)56-50-35-32-47(65)44-53(50)62(39-27-21-15-9-3,40-28-22-16-10-4)60(56)57-51-36-33-48(66)45-54(51)63(59(55)57,41-29-23-17-11-5)42-30-24-18-12-6/h31-36,43-45H,7-30,37-42H2,1-6H3. The number of hydrogen-bond acceptors (Lipinski definition) is 0. The lowest BCUT2D eigenvalue weighted by Crippen LogP contribution is -2.31. The maximum absolute atomic E-state index is 2.72. The molecule has 0 bridgehead atoms. The first-order valence-corrected chi connectivity index (χ1v) is 31.1. The molecule has 3 aliphatic carbocycles. The maximum atomic E-state index is 2.72. The first-order valence-electron chi connectivity index (χ1n) is 27.9. The number of benzene rings is 4. The molecule has 7 rings (SSSR count). The number of halogens is 3. The van der Waals surface area contributed by atoms with E-state index in [2.05, 4.69) is 164 Å². The van der Waals surface area contributed by atoms with Gasteiger partial charge >= 0.3 is 0 Å². The topological polar surface area (TPSA) is 0 Å². The van der Waals surface area contributed by atoms with Crippen molar-refractivity contribution in [2.75, 3.05) is 0 Å². The van der Waals surface area contributed by atoms with Gasteiger partial charge in [0.1, 0.15) is 0 Å². The van der Waals surface area contributed by atoms with E-state index >= 15 is 0 Å². The molecular weight excluding hydrogens is 1140 g/mol. The second-order valence-corrected chi connectivity index (χ2v) is 25.2. The van der Waals surface area contributed by atoms with Crippen molar-refractivity contribution in [1.82, 2.24) is 0 Å². The molecule has 66 heavy (non-hydrogen) atoms. The van der Waals surface area contributed by atoms with Crippen molar-refractivity contribution in [3.8, 4) is 33.4 Å². The smallest absolute Gasteiger partial charge is 0.0222 e. The monoisotopic (exact) mass is 1220 g/mol. The quantitative estimate of drug-likeness (QED) is 0.0361. The van der Waals surface area contributed by atoms with Crippen LogP contribution in [0.3, 0.4) is 0 Å². The third kappa shape index (κ3) is 10.5. The van der Waals surface area contributed by atoms with Gasteiger partial charge in [0.15, 0.2) is 0 Å². The summed E-state index contributed by atoms with van der Waals surface area (Å²) >= 11 is 8.04. The Kier molecular flexibility index (Phi) is 20.0. The molecule has 0 fully saturated rings. The van der Waals surface area contributed by atoms with Gasteiger partial charge in [-0.25, -0.2) is 0 Å². The fourth-order valence-electron chi connectivity index (χ4n) is 13.8. The molecule has 0 N–H and O–H groups in total. The van der Waals surface area contributed by atoms with E-state index in [9.17, 15) is 0 Å². The van der Waals surface area contributed by atoms with Crippen LogP contribution in [-0.2, 0) is 16.2 Å². The molecule has 3 aliphatic rings. The average Bonchev–Trinajstić information content (AvgIpc) is 3.86. The Bertz CT molecular complexity index is 1900. The third-order valence-corrected chi connectivity index (χ3v) is 19.0. The number of fused-ring (bicyclic) bond motifs is 12. The van der Waals surface area contributed by atoms with Crippen molar-refractivity contribution >= 4 is 67.8 Å². The second kappa shape index (κ2) is 24.9. The van der Waals surface area contributed by atoms with E-state index in [1.165, 1.54) is 203 Å². The molecule has 0 saturated heterocycles. The summed E-state index contributed by atoms with van der Waals surface area (Å²) in [5, 5.41) is 0. The lowest BCUT2D eigenvalue weighted by Gasteiger charge is -2.39. The van der Waals surface area contributed by atoms with E-state index in [1.54, 1.807) is 50.1 Å². The average molecular weight is 1230 g/mol. The minimum atomic E-state index is 0.00652. The SMILES string of the molecule is CCCCCCC1(CCCCCC)c2cc(I)ccc2-c2c1c1c(c3c2C(CCCCCC)(CCCCCC)c2cc(I)ccc2-3)C(CCCCCC)(CCCCCC)c2cc(I)ccc2-1. The minimum Gasteiger partial charge on any atom is -0.0654 e. The highest BCUT2D eigenvalue weighted by atomic mass is 127. The van der Waals surface area contributed by atoms with Crippen LogP contribution >= 0.6 is 67.8 Å². The van der Waals surface area contributed by atoms with Gasteiger partial charge in [-0.3, -0.25) is 0 Å². The Labute approximate surface area is 446 Å². The lowest BCUT2D eigenvalue weighted by atomic mass is 9.63. The summed E-state index contributed by atoms with van der Waals surface area (Å²) in [5.41, 5.74) is 20.5. The predicted octanol–water partition coefficient (Wildman–Crippen LogP) is 22.1. The Hall–Kier alpha value is -0.930. The van der Waals surface area contributed by atoms with E-state index in [1.807, 2.05) is 16.7 Å². The molecule has 0 radical (unpaired) electrons. The van der Waals surface area contributed by atoms with Gasteiger partial charge in [0.05, 0.1) is 0 Å². The maximum Gasteiger partial charge on any atom is 0.0222 e. The van der Waals surface area contributed by atoms with Gasteiger partial charge in [-0.05, 0) is 209 Å². The summed E-state index contributed by atoms with van der Waals surface area (Å²) in [4.78, 5) is 0. The molecule has 0 aromatic heterocycles. The van der Waals surface area contributed by atoms with E-state index in [4.69, 9.17) is 0 Å². The summed E-state index contributed by atoms with van der Waals surface area (Å²) in [5.74, 6) is 0. The van der Waals surface area contributed by atoms with Crippen LogP contribution in [0.2, 0.25) is 0 Å². The normalized spacial score (nSPS) is 15.4. The molecule has 4 aromatic rings. The van der Waals surface area contributed by atoms with Gasteiger partial charge in [0, 0.05) is 27.0 Å². The van der Waals surface area contributed by atoms with Crippen LogP contribution in [0, 0.1) is 10.7 Å². The molecule has 0 aliphatic heterocycles. The molecule has 0 spiro atoms. The van der Waals surface area contributed by atoms with Crippen molar-refractivity contribution in [3.05, 3.63) is 98.7 Å². The first kappa shape index (κ1) is 52.9. The zero-order chi connectivity index (χ0) is 46.7.